The largest absolute Gasteiger partial charge is 0.486 e. The first-order valence-corrected chi connectivity index (χ1v) is 11.5. The van der Waals surface area contributed by atoms with Crippen molar-refractivity contribution in [2.45, 2.75) is 24.2 Å². The van der Waals surface area contributed by atoms with E-state index in [4.69, 9.17) is 9.47 Å². The topological polar surface area (TPSA) is 114 Å². The van der Waals surface area contributed by atoms with Gasteiger partial charge in [0.1, 0.15) is 13.2 Å². The number of amides is 2. The van der Waals surface area contributed by atoms with Crippen LogP contribution in [0, 0.1) is 0 Å². The molecule has 10 heteroatoms. The molecule has 1 saturated heterocycles. The second-order valence-electron chi connectivity index (χ2n) is 7.23. The van der Waals surface area contributed by atoms with Gasteiger partial charge in [0.05, 0.1) is 10.5 Å². The van der Waals surface area contributed by atoms with Gasteiger partial charge < -0.3 is 9.47 Å². The Balaban J connectivity index is 1.47. The van der Waals surface area contributed by atoms with Crippen LogP contribution < -0.4 is 20.3 Å². The summed E-state index contributed by atoms with van der Waals surface area (Å²) in [6.07, 6.45) is 2.57. The van der Waals surface area contributed by atoms with Crippen LogP contribution in [0.1, 0.15) is 40.0 Å². The number of ether oxygens (including phenoxy) is 2. The summed E-state index contributed by atoms with van der Waals surface area (Å²) in [5, 5.41) is 0. The Morgan fingerprint density at radius 2 is 1.52 bits per heavy atom. The van der Waals surface area contributed by atoms with Crippen LogP contribution in [-0.4, -0.2) is 50.8 Å². The molecule has 0 unspecified atom stereocenters. The maximum absolute atomic E-state index is 13.0. The summed E-state index contributed by atoms with van der Waals surface area (Å²) < 4.78 is 38.4. The van der Waals surface area contributed by atoms with E-state index in [1.54, 1.807) is 24.3 Å². The molecule has 2 N–H and O–H groups in total. The SMILES string of the molecule is O=C(NNC(=O)c1ccccc1S(=O)(=O)N1CCCCC1)c1ccc2c(c1)OCCO2. The van der Waals surface area contributed by atoms with E-state index in [2.05, 4.69) is 10.9 Å². The van der Waals surface area contributed by atoms with Crippen molar-refractivity contribution in [2.24, 2.45) is 0 Å². The van der Waals surface area contributed by atoms with E-state index in [1.807, 2.05) is 0 Å². The van der Waals surface area contributed by atoms with E-state index in [1.165, 1.54) is 22.5 Å². The van der Waals surface area contributed by atoms with Gasteiger partial charge in [-0.25, -0.2) is 8.42 Å². The first-order chi connectivity index (χ1) is 15.0. The molecule has 2 aromatic carbocycles. The van der Waals surface area contributed by atoms with E-state index in [9.17, 15) is 18.0 Å². The van der Waals surface area contributed by atoms with Crippen molar-refractivity contribution in [1.82, 2.24) is 15.2 Å². The van der Waals surface area contributed by atoms with Crippen molar-refractivity contribution < 1.29 is 27.5 Å². The number of piperidine rings is 1. The van der Waals surface area contributed by atoms with Crippen molar-refractivity contribution in [2.75, 3.05) is 26.3 Å². The zero-order chi connectivity index (χ0) is 21.8. The second-order valence-corrected chi connectivity index (χ2v) is 9.13. The summed E-state index contributed by atoms with van der Waals surface area (Å²) in [5.74, 6) is -0.296. The third-order valence-corrected chi connectivity index (χ3v) is 7.12. The Kier molecular flexibility index (Phi) is 6.10. The average Bonchev–Trinajstić information content (AvgIpc) is 2.82. The highest BCUT2D eigenvalue weighted by Crippen LogP contribution is 2.30. The highest BCUT2D eigenvalue weighted by molar-refractivity contribution is 7.89. The average molecular weight is 445 g/mol. The molecule has 0 aliphatic carbocycles. The van der Waals surface area contributed by atoms with Gasteiger partial charge in [-0.05, 0) is 43.2 Å². The van der Waals surface area contributed by atoms with Gasteiger partial charge in [-0.2, -0.15) is 4.31 Å². The van der Waals surface area contributed by atoms with E-state index >= 15 is 0 Å². The minimum absolute atomic E-state index is 0.0319. The quantitative estimate of drug-likeness (QED) is 0.693. The van der Waals surface area contributed by atoms with Crippen LogP contribution in [0.3, 0.4) is 0 Å². The molecule has 2 aliphatic rings. The van der Waals surface area contributed by atoms with Gasteiger partial charge in [-0.3, -0.25) is 20.4 Å². The lowest BCUT2D eigenvalue weighted by Gasteiger charge is -2.26. The zero-order valence-corrected chi connectivity index (χ0v) is 17.6. The molecule has 2 heterocycles. The predicted octanol–water partition coefficient (Wildman–Crippen LogP) is 1.71. The summed E-state index contributed by atoms with van der Waals surface area (Å²) in [4.78, 5) is 25.1. The van der Waals surface area contributed by atoms with Crippen LogP contribution in [0.4, 0.5) is 0 Å². The van der Waals surface area contributed by atoms with Crippen LogP contribution in [0.2, 0.25) is 0 Å². The maximum Gasteiger partial charge on any atom is 0.271 e. The van der Waals surface area contributed by atoms with E-state index in [0.717, 1.165) is 19.3 Å². The highest BCUT2D eigenvalue weighted by atomic mass is 32.2. The Morgan fingerprint density at radius 3 is 2.29 bits per heavy atom. The fourth-order valence-electron chi connectivity index (χ4n) is 3.56. The molecule has 9 nitrogen and oxygen atoms in total. The van der Waals surface area contributed by atoms with E-state index in [0.29, 0.717) is 37.8 Å². The fourth-order valence-corrected chi connectivity index (χ4v) is 5.27. The number of carbonyl (C=O) groups excluding carboxylic acids is 2. The van der Waals surface area contributed by atoms with Gasteiger partial charge in [0, 0.05) is 18.7 Å². The van der Waals surface area contributed by atoms with Crippen LogP contribution in [0.5, 0.6) is 11.5 Å². The third-order valence-electron chi connectivity index (χ3n) is 5.16. The number of nitrogens with one attached hydrogen (secondary N) is 2. The molecule has 0 radical (unpaired) electrons. The Labute approximate surface area is 180 Å². The molecule has 2 aromatic rings. The lowest BCUT2D eigenvalue weighted by atomic mass is 10.2. The first kappa shape index (κ1) is 21.1. The summed E-state index contributed by atoms with van der Waals surface area (Å²) in [6, 6.07) is 10.7. The molecule has 2 aliphatic heterocycles. The molecule has 0 saturated carbocycles. The van der Waals surface area contributed by atoms with Gasteiger partial charge in [0.15, 0.2) is 11.5 Å². The number of sulfonamides is 1. The molecule has 0 aromatic heterocycles. The van der Waals surface area contributed by atoms with Gasteiger partial charge >= 0.3 is 0 Å². The van der Waals surface area contributed by atoms with Crippen molar-refractivity contribution in [3.63, 3.8) is 0 Å². The number of carbonyl (C=O) groups is 2. The van der Waals surface area contributed by atoms with Gasteiger partial charge in [0.2, 0.25) is 10.0 Å². The number of rotatable bonds is 4. The van der Waals surface area contributed by atoms with Crippen molar-refractivity contribution >= 4 is 21.8 Å². The molecule has 164 valence electrons. The Hall–Kier alpha value is -3.11. The molecule has 1 fully saturated rings. The molecule has 2 amide bonds. The number of hydrazine groups is 1. The standard InChI is InChI=1S/C21H23N3O6S/c25-20(15-8-9-17-18(14-15)30-13-12-29-17)22-23-21(26)16-6-2-3-7-19(16)31(27,28)24-10-4-1-5-11-24/h2-3,6-9,14H,1,4-5,10-13H2,(H,22,25)(H,23,26). The number of benzene rings is 2. The summed E-state index contributed by atoms with van der Waals surface area (Å²) >= 11 is 0. The minimum Gasteiger partial charge on any atom is -0.486 e. The van der Waals surface area contributed by atoms with Crippen LogP contribution in [0.15, 0.2) is 47.4 Å². The summed E-state index contributed by atoms with van der Waals surface area (Å²) in [6.45, 7) is 1.68. The van der Waals surface area contributed by atoms with Crippen LogP contribution >= 0.6 is 0 Å². The number of hydrogen-bond acceptors (Lipinski definition) is 6. The molecule has 0 bridgehead atoms. The van der Waals surface area contributed by atoms with Crippen molar-refractivity contribution in [3.8, 4) is 11.5 Å². The number of nitrogens with zero attached hydrogens (tertiary/aromatic N) is 1. The van der Waals surface area contributed by atoms with Crippen LogP contribution in [0.25, 0.3) is 0 Å². The molecular formula is C21H23N3O6S. The normalized spacial score (nSPS) is 16.4. The molecule has 0 spiro atoms. The second kappa shape index (κ2) is 8.94. The molecule has 4 rings (SSSR count). The van der Waals surface area contributed by atoms with Gasteiger partial charge in [-0.15, -0.1) is 0 Å². The third kappa shape index (κ3) is 4.49. The van der Waals surface area contributed by atoms with E-state index in [-0.39, 0.29) is 16.0 Å². The minimum atomic E-state index is -3.81. The lowest BCUT2D eigenvalue weighted by molar-refractivity contribution is 0.0844. The zero-order valence-electron chi connectivity index (χ0n) is 16.8. The van der Waals surface area contributed by atoms with Crippen LogP contribution in [-0.2, 0) is 10.0 Å². The molecule has 31 heavy (non-hydrogen) atoms. The Bertz CT molecular complexity index is 1100. The first-order valence-electron chi connectivity index (χ1n) is 10.1. The Morgan fingerprint density at radius 1 is 0.839 bits per heavy atom. The smallest absolute Gasteiger partial charge is 0.271 e. The van der Waals surface area contributed by atoms with Crippen molar-refractivity contribution in [3.05, 3.63) is 53.6 Å². The molecular weight excluding hydrogens is 422 g/mol. The molecule has 0 atom stereocenters. The highest BCUT2D eigenvalue weighted by Gasteiger charge is 2.30. The lowest BCUT2D eigenvalue weighted by Crippen LogP contribution is -2.43. The monoisotopic (exact) mass is 445 g/mol. The number of fused-ring (bicyclic) bond motifs is 1. The summed E-state index contributed by atoms with van der Waals surface area (Å²) in [5.41, 5.74) is 4.85. The van der Waals surface area contributed by atoms with Crippen molar-refractivity contribution in [1.29, 1.82) is 0 Å². The predicted molar refractivity (Wildman–Crippen MR) is 111 cm³/mol. The van der Waals surface area contributed by atoms with Gasteiger partial charge in [-0.1, -0.05) is 18.6 Å². The number of hydrogen-bond donors (Lipinski definition) is 2. The maximum atomic E-state index is 13.0. The van der Waals surface area contributed by atoms with E-state index < -0.39 is 21.8 Å². The fraction of sp³-hybridized carbons (Fsp3) is 0.333. The van der Waals surface area contributed by atoms with Gasteiger partial charge in [0.25, 0.3) is 11.8 Å². The summed E-state index contributed by atoms with van der Waals surface area (Å²) in [7, 11) is -3.81.